The van der Waals surface area contributed by atoms with E-state index in [0.29, 0.717) is 11.0 Å². The van der Waals surface area contributed by atoms with Gasteiger partial charge in [-0.25, -0.2) is 13.2 Å². The molecule has 6 nitrogen and oxygen atoms in total. The monoisotopic (exact) mass is 387 g/mol. The molecule has 0 saturated carbocycles. The first-order chi connectivity index (χ1) is 12.7. The third kappa shape index (κ3) is 3.21. The lowest BCUT2D eigenvalue weighted by Gasteiger charge is -2.31. The maximum Gasteiger partial charge on any atom is 0.328 e. The smallest absolute Gasteiger partial charge is 0.295 e. The Morgan fingerprint density at radius 2 is 1.52 bits per heavy atom. The van der Waals surface area contributed by atoms with Crippen LogP contribution in [0.1, 0.15) is 25.5 Å². The number of fused-ring (bicyclic) bond motifs is 1. The van der Waals surface area contributed by atoms with Crippen LogP contribution in [0, 0.1) is 5.92 Å². The molecule has 1 atom stereocenters. The zero-order chi connectivity index (χ0) is 19.9. The number of aryl methyl sites for hydroxylation is 2. The summed E-state index contributed by atoms with van der Waals surface area (Å²) in [5, 5.41) is 0. The molecule has 0 bridgehead atoms. The highest BCUT2D eigenvalue weighted by atomic mass is 32.2. The summed E-state index contributed by atoms with van der Waals surface area (Å²) in [7, 11) is 1.20. The third-order valence-electron chi connectivity index (χ3n) is 5.08. The largest absolute Gasteiger partial charge is 0.328 e. The van der Waals surface area contributed by atoms with E-state index in [1.165, 1.54) is 13.4 Å². The Bertz CT molecular complexity index is 1130. The van der Waals surface area contributed by atoms with Gasteiger partial charge in [0.15, 0.2) is 0 Å². The van der Waals surface area contributed by atoms with Crippen molar-refractivity contribution >= 4 is 21.1 Å². The van der Waals surface area contributed by atoms with Gasteiger partial charge in [-0.15, -0.1) is 0 Å². The van der Waals surface area contributed by atoms with Crippen LogP contribution in [0.4, 0.5) is 0 Å². The summed E-state index contributed by atoms with van der Waals surface area (Å²) >= 11 is 0. The van der Waals surface area contributed by atoms with Crippen molar-refractivity contribution < 1.29 is 8.42 Å². The third-order valence-corrected chi connectivity index (χ3v) is 6.92. The molecule has 0 aliphatic carbocycles. The molecule has 0 fully saturated rings. The lowest BCUT2D eigenvalue weighted by atomic mass is 9.96. The van der Waals surface area contributed by atoms with Gasteiger partial charge in [-0.2, -0.15) is 4.31 Å². The molecule has 0 radical (unpaired) electrons. The van der Waals surface area contributed by atoms with Crippen LogP contribution in [0.5, 0.6) is 0 Å². The highest BCUT2D eigenvalue weighted by molar-refractivity contribution is 7.89. The zero-order valence-electron chi connectivity index (χ0n) is 16.2. The summed E-state index contributed by atoms with van der Waals surface area (Å²) in [6.45, 7) is 4.02. The minimum absolute atomic E-state index is 0.0944. The number of rotatable bonds is 5. The van der Waals surface area contributed by atoms with E-state index >= 15 is 0 Å². The fourth-order valence-electron chi connectivity index (χ4n) is 3.63. The molecule has 0 spiro atoms. The van der Waals surface area contributed by atoms with Gasteiger partial charge in [0.25, 0.3) is 0 Å². The van der Waals surface area contributed by atoms with E-state index in [0.717, 1.165) is 5.56 Å². The standard InChI is InChI=1S/C20H25N3O3S/c1-14(2)19(15-9-7-6-8-10-15)23(5)27(25,26)16-11-12-17-18(13-16)22(4)20(24)21(17)3/h6-14,19H,1-5H3. The van der Waals surface area contributed by atoms with E-state index in [9.17, 15) is 13.2 Å². The van der Waals surface area contributed by atoms with E-state index in [-0.39, 0.29) is 22.5 Å². The first kappa shape index (κ1) is 19.4. The zero-order valence-corrected chi connectivity index (χ0v) is 17.1. The van der Waals surface area contributed by atoms with Gasteiger partial charge in [0.2, 0.25) is 10.0 Å². The summed E-state index contributed by atoms with van der Waals surface area (Å²) in [6, 6.07) is 14.2. The number of hydrogen-bond donors (Lipinski definition) is 0. The number of benzene rings is 2. The second-order valence-corrected chi connectivity index (χ2v) is 9.17. The summed E-state index contributed by atoms with van der Waals surface area (Å²) in [5.41, 5.74) is 2.06. The molecular weight excluding hydrogens is 362 g/mol. The van der Waals surface area contributed by atoms with Gasteiger partial charge in [0, 0.05) is 21.1 Å². The summed E-state index contributed by atoms with van der Waals surface area (Å²) in [4.78, 5) is 12.3. The lowest BCUT2D eigenvalue weighted by molar-refractivity contribution is 0.300. The Morgan fingerprint density at radius 3 is 2.11 bits per heavy atom. The van der Waals surface area contributed by atoms with Crippen LogP contribution in [0.25, 0.3) is 11.0 Å². The molecule has 3 rings (SSSR count). The van der Waals surface area contributed by atoms with Crippen molar-refractivity contribution in [2.24, 2.45) is 20.0 Å². The summed E-state index contributed by atoms with van der Waals surface area (Å²) < 4.78 is 31.1. The van der Waals surface area contributed by atoms with Gasteiger partial charge in [-0.1, -0.05) is 44.2 Å². The van der Waals surface area contributed by atoms with Crippen molar-refractivity contribution in [3.8, 4) is 0 Å². The number of hydrogen-bond acceptors (Lipinski definition) is 3. The molecule has 144 valence electrons. The molecule has 7 heteroatoms. The fourth-order valence-corrected chi connectivity index (χ4v) is 5.13. The minimum atomic E-state index is -3.73. The summed E-state index contributed by atoms with van der Waals surface area (Å²) in [5.74, 6) is 0.0944. The van der Waals surface area contributed by atoms with E-state index in [4.69, 9.17) is 0 Å². The predicted octanol–water partition coefficient (Wildman–Crippen LogP) is 2.89. The second kappa shape index (κ2) is 6.98. The van der Waals surface area contributed by atoms with Gasteiger partial charge in [0.05, 0.1) is 22.0 Å². The Hall–Kier alpha value is -2.38. The predicted molar refractivity (Wildman–Crippen MR) is 107 cm³/mol. The molecule has 1 unspecified atom stereocenters. The highest BCUT2D eigenvalue weighted by Crippen LogP contribution is 2.32. The van der Waals surface area contributed by atoms with Crippen LogP contribution >= 0.6 is 0 Å². The van der Waals surface area contributed by atoms with E-state index in [1.807, 2.05) is 44.2 Å². The van der Waals surface area contributed by atoms with Crippen molar-refractivity contribution in [2.75, 3.05) is 7.05 Å². The average molecular weight is 388 g/mol. The van der Waals surface area contributed by atoms with Gasteiger partial charge >= 0.3 is 5.69 Å². The van der Waals surface area contributed by atoms with Gasteiger partial charge in [-0.3, -0.25) is 9.13 Å². The Labute approximate surface area is 159 Å². The van der Waals surface area contributed by atoms with Crippen molar-refractivity contribution in [3.63, 3.8) is 0 Å². The molecule has 2 aromatic carbocycles. The minimum Gasteiger partial charge on any atom is -0.295 e. The van der Waals surface area contributed by atoms with Crippen molar-refractivity contribution in [2.45, 2.75) is 24.8 Å². The van der Waals surface area contributed by atoms with Crippen LogP contribution in [-0.4, -0.2) is 28.9 Å². The van der Waals surface area contributed by atoms with Gasteiger partial charge in [-0.05, 0) is 29.7 Å². The topological polar surface area (TPSA) is 64.3 Å². The molecule has 0 aliphatic rings. The number of imidazole rings is 1. The van der Waals surface area contributed by atoms with Crippen molar-refractivity contribution in [1.29, 1.82) is 0 Å². The van der Waals surface area contributed by atoms with Crippen LogP contribution in [-0.2, 0) is 24.1 Å². The molecule has 3 aromatic rings. The molecule has 0 amide bonds. The quantitative estimate of drug-likeness (QED) is 0.676. The molecule has 1 aromatic heterocycles. The first-order valence-electron chi connectivity index (χ1n) is 8.84. The SMILES string of the molecule is CC(C)C(c1ccccc1)N(C)S(=O)(=O)c1ccc2c(c1)n(C)c(=O)n2C. The van der Waals surface area contributed by atoms with E-state index in [1.54, 1.807) is 39.3 Å². The Morgan fingerprint density at radius 1 is 0.926 bits per heavy atom. The normalized spacial score (nSPS) is 13.6. The molecule has 0 saturated heterocycles. The van der Waals surface area contributed by atoms with Crippen LogP contribution < -0.4 is 5.69 Å². The molecule has 1 heterocycles. The van der Waals surface area contributed by atoms with Crippen LogP contribution in [0.2, 0.25) is 0 Å². The lowest BCUT2D eigenvalue weighted by Crippen LogP contribution is -2.34. The highest BCUT2D eigenvalue weighted by Gasteiger charge is 2.31. The van der Waals surface area contributed by atoms with Crippen molar-refractivity contribution in [1.82, 2.24) is 13.4 Å². The molecule has 27 heavy (non-hydrogen) atoms. The molecule has 0 aliphatic heterocycles. The number of aromatic nitrogens is 2. The Kier molecular flexibility index (Phi) is 5.01. The number of nitrogens with zero attached hydrogens (tertiary/aromatic N) is 3. The number of sulfonamides is 1. The molecule has 0 N–H and O–H groups in total. The fraction of sp³-hybridized carbons (Fsp3) is 0.350. The van der Waals surface area contributed by atoms with Crippen LogP contribution in [0.3, 0.4) is 0 Å². The second-order valence-electron chi connectivity index (χ2n) is 7.17. The average Bonchev–Trinajstić information content (AvgIpc) is 2.86. The Balaban J connectivity index is 2.11. The van der Waals surface area contributed by atoms with E-state index < -0.39 is 10.0 Å². The van der Waals surface area contributed by atoms with Crippen LogP contribution in [0.15, 0.2) is 58.2 Å². The maximum absolute atomic E-state index is 13.3. The first-order valence-corrected chi connectivity index (χ1v) is 10.3. The molecular formula is C20H25N3O3S. The van der Waals surface area contributed by atoms with Gasteiger partial charge < -0.3 is 0 Å². The van der Waals surface area contributed by atoms with Crippen molar-refractivity contribution in [3.05, 3.63) is 64.6 Å². The maximum atomic E-state index is 13.3. The van der Waals surface area contributed by atoms with E-state index in [2.05, 4.69) is 0 Å². The van der Waals surface area contributed by atoms with Gasteiger partial charge in [0.1, 0.15) is 0 Å². The summed E-state index contributed by atoms with van der Waals surface area (Å²) in [6.07, 6.45) is 0.